The van der Waals surface area contributed by atoms with Gasteiger partial charge in [-0.15, -0.1) is 0 Å². The Kier molecular flexibility index (Phi) is 6.17. The predicted molar refractivity (Wildman–Crippen MR) is 87.0 cm³/mol. The molecule has 0 aliphatic carbocycles. The Labute approximate surface area is 135 Å². The van der Waals surface area contributed by atoms with Crippen LogP contribution in [0.2, 0.25) is 0 Å². The number of carbonyl (C=O) groups is 1. The van der Waals surface area contributed by atoms with E-state index in [2.05, 4.69) is 4.98 Å². The summed E-state index contributed by atoms with van der Waals surface area (Å²) in [6.07, 6.45) is 4.75. The van der Waals surface area contributed by atoms with E-state index in [0.29, 0.717) is 30.2 Å². The highest BCUT2D eigenvalue weighted by molar-refractivity contribution is 5.93. The maximum Gasteiger partial charge on any atom is 0.338 e. The van der Waals surface area contributed by atoms with E-state index in [4.69, 9.17) is 14.2 Å². The molecule has 0 saturated heterocycles. The highest BCUT2D eigenvalue weighted by atomic mass is 16.5. The summed E-state index contributed by atoms with van der Waals surface area (Å²) in [4.78, 5) is 16.1. The summed E-state index contributed by atoms with van der Waals surface area (Å²) in [6.45, 7) is 2.81. The largest absolute Gasteiger partial charge is 0.501 e. The molecule has 1 aromatic heterocycles. The van der Waals surface area contributed by atoms with Gasteiger partial charge in [0, 0.05) is 17.8 Å². The summed E-state index contributed by atoms with van der Waals surface area (Å²) < 4.78 is 15.6. The number of rotatable bonds is 7. The van der Waals surface area contributed by atoms with Gasteiger partial charge in [-0.3, -0.25) is 0 Å². The lowest BCUT2D eigenvalue weighted by Crippen LogP contribution is -2.06. The Morgan fingerprint density at radius 2 is 2.04 bits per heavy atom. The van der Waals surface area contributed by atoms with Crippen LogP contribution < -0.4 is 4.74 Å². The van der Waals surface area contributed by atoms with Crippen LogP contribution in [0.3, 0.4) is 0 Å². The van der Waals surface area contributed by atoms with Crippen molar-refractivity contribution in [1.29, 1.82) is 0 Å². The normalized spacial score (nSPS) is 10.5. The molecule has 5 heteroatoms. The molecule has 0 saturated carbocycles. The lowest BCUT2D eigenvalue weighted by Gasteiger charge is -2.09. The average molecular weight is 313 g/mol. The lowest BCUT2D eigenvalue weighted by atomic mass is 10.1. The Bertz CT molecular complexity index is 668. The molecule has 0 aliphatic heterocycles. The van der Waals surface area contributed by atoms with Gasteiger partial charge >= 0.3 is 5.97 Å². The molecular weight excluding hydrogens is 294 g/mol. The molecule has 2 rings (SSSR count). The summed E-state index contributed by atoms with van der Waals surface area (Å²) in [6, 6.07) is 11.3. The van der Waals surface area contributed by atoms with Crippen LogP contribution in [-0.2, 0) is 16.1 Å². The minimum Gasteiger partial charge on any atom is -0.501 e. The van der Waals surface area contributed by atoms with Gasteiger partial charge in [0.1, 0.15) is 6.61 Å². The second kappa shape index (κ2) is 8.58. The zero-order chi connectivity index (χ0) is 16.5. The van der Waals surface area contributed by atoms with Crippen molar-refractivity contribution in [3.8, 4) is 5.88 Å². The quantitative estimate of drug-likeness (QED) is 0.579. The fourth-order valence-electron chi connectivity index (χ4n) is 1.89. The van der Waals surface area contributed by atoms with Crippen LogP contribution in [0.5, 0.6) is 5.88 Å². The summed E-state index contributed by atoms with van der Waals surface area (Å²) in [5, 5.41) is 0. The Morgan fingerprint density at radius 3 is 2.74 bits per heavy atom. The smallest absolute Gasteiger partial charge is 0.338 e. The van der Waals surface area contributed by atoms with Crippen LogP contribution >= 0.6 is 0 Å². The first-order chi connectivity index (χ1) is 11.2. The number of methoxy groups -OCH3 is 1. The fourth-order valence-corrected chi connectivity index (χ4v) is 1.89. The van der Waals surface area contributed by atoms with Crippen molar-refractivity contribution in [3.05, 3.63) is 65.5 Å². The van der Waals surface area contributed by atoms with E-state index >= 15 is 0 Å². The number of ether oxygens (including phenoxy) is 3. The second-order valence-electron chi connectivity index (χ2n) is 4.63. The first kappa shape index (κ1) is 16.5. The lowest BCUT2D eigenvalue weighted by molar-refractivity contribution is 0.0599. The molecule has 120 valence electrons. The number of esters is 1. The number of pyridine rings is 1. The van der Waals surface area contributed by atoms with Crippen molar-refractivity contribution in [2.24, 2.45) is 0 Å². The van der Waals surface area contributed by atoms with Crippen molar-refractivity contribution < 1.29 is 19.0 Å². The zero-order valence-electron chi connectivity index (χ0n) is 13.2. The van der Waals surface area contributed by atoms with Crippen molar-refractivity contribution in [2.75, 3.05) is 13.7 Å². The van der Waals surface area contributed by atoms with Crippen LogP contribution in [0.4, 0.5) is 0 Å². The molecule has 0 fully saturated rings. The molecular formula is C18H19NO4. The Balaban J connectivity index is 2.16. The minimum absolute atomic E-state index is 0.364. The van der Waals surface area contributed by atoms with E-state index in [1.54, 1.807) is 18.3 Å². The van der Waals surface area contributed by atoms with Gasteiger partial charge in [-0.25, -0.2) is 9.78 Å². The van der Waals surface area contributed by atoms with E-state index in [9.17, 15) is 4.79 Å². The molecule has 0 amide bonds. The SMILES string of the molecule is CCO/C=C/c1cnc(OCc2ccccc2)cc1C(=O)OC. The van der Waals surface area contributed by atoms with E-state index in [0.717, 1.165) is 5.56 Å². The summed E-state index contributed by atoms with van der Waals surface area (Å²) in [5.74, 6) is -0.0871. The highest BCUT2D eigenvalue weighted by Gasteiger charge is 2.13. The number of carbonyl (C=O) groups excluding carboxylic acids is 1. The monoisotopic (exact) mass is 313 g/mol. The number of benzene rings is 1. The molecule has 23 heavy (non-hydrogen) atoms. The Hall–Kier alpha value is -2.82. The summed E-state index contributed by atoms with van der Waals surface area (Å²) in [5.41, 5.74) is 2.01. The predicted octanol–water partition coefficient (Wildman–Crippen LogP) is 3.45. The van der Waals surface area contributed by atoms with Crippen molar-refractivity contribution >= 4 is 12.0 Å². The molecule has 0 unspecified atom stereocenters. The average Bonchev–Trinajstić information content (AvgIpc) is 2.61. The third-order valence-electron chi connectivity index (χ3n) is 3.06. The van der Waals surface area contributed by atoms with Crippen molar-refractivity contribution in [2.45, 2.75) is 13.5 Å². The van der Waals surface area contributed by atoms with Crippen LogP contribution in [0.25, 0.3) is 6.08 Å². The first-order valence-electron chi connectivity index (χ1n) is 7.27. The zero-order valence-corrected chi connectivity index (χ0v) is 13.2. The maximum atomic E-state index is 11.9. The molecule has 0 atom stereocenters. The number of nitrogens with zero attached hydrogens (tertiary/aromatic N) is 1. The van der Waals surface area contributed by atoms with Gasteiger partial charge in [0.25, 0.3) is 0 Å². The number of hydrogen-bond acceptors (Lipinski definition) is 5. The summed E-state index contributed by atoms with van der Waals surface area (Å²) in [7, 11) is 1.34. The van der Waals surface area contributed by atoms with Crippen molar-refractivity contribution in [1.82, 2.24) is 4.98 Å². The minimum atomic E-state index is -0.451. The van der Waals surface area contributed by atoms with Gasteiger partial charge in [-0.05, 0) is 18.6 Å². The molecule has 0 N–H and O–H groups in total. The first-order valence-corrected chi connectivity index (χ1v) is 7.27. The number of aromatic nitrogens is 1. The molecule has 0 aliphatic rings. The van der Waals surface area contributed by atoms with Gasteiger partial charge in [0.05, 0.1) is 25.5 Å². The van der Waals surface area contributed by atoms with Gasteiger partial charge in [0.15, 0.2) is 0 Å². The summed E-state index contributed by atoms with van der Waals surface area (Å²) >= 11 is 0. The molecule has 1 aromatic carbocycles. The second-order valence-corrected chi connectivity index (χ2v) is 4.63. The molecule has 0 radical (unpaired) electrons. The van der Waals surface area contributed by atoms with E-state index < -0.39 is 5.97 Å². The van der Waals surface area contributed by atoms with E-state index in [1.807, 2.05) is 37.3 Å². The van der Waals surface area contributed by atoms with Crippen LogP contribution in [0.15, 0.2) is 48.9 Å². The van der Waals surface area contributed by atoms with Gasteiger partial charge in [-0.2, -0.15) is 0 Å². The van der Waals surface area contributed by atoms with Crippen LogP contribution in [-0.4, -0.2) is 24.7 Å². The number of hydrogen-bond donors (Lipinski definition) is 0. The molecule has 0 spiro atoms. The molecule has 2 aromatic rings. The molecule has 1 heterocycles. The Morgan fingerprint density at radius 1 is 1.26 bits per heavy atom. The van der Waals surface area contributed by atoms with E-state index in [1.165, 1.54) is 13.4 Å². The maximum absolute atomic E-state index is 11.9. The molecule has 0 bridgehead atoms. The standard InChI is InChI=1S/C18H19NO4/c1-3-22-10-9-15-12-19-17(11-16(15)18(20)21-2)23-13-14-7-5-4-6-8-14/h4-12H,3,13H2,1-2H3/b10-9+. The topological polar surface area (TPSA) is 57.7 Å². The van der Waals surface area contributed by atoms with Crippen molar-refractivity contribution in [3.63, 3.8) is 0 Å². The van der Waals surface area contributed by atoms with Gasteiger partial charge < -0.3 is 14.2 Å². The van der Waals surface area contributed by atoms with Crippen LogP contribution in [0, 0.1) is 0 Å². The van der Waals surface area contributed by atoms with Crippen LogP contribution in [0.1, 0.15) is 28.4 Å². The van der Waals surface area contributed by atoms with E-state index in [-0.39, 0.29) is 0 Å². The molecule has 5 nitrogen and oxygen atoms in total. The van der Waals surface area contributed by atoms with Gasteiger partial charge in [0.2, 0.25) is 5.88 Å². The fraction of sp³-hybridized carbons (Fsp3) is 0.222. The highest BCUT2D eigenvalue weighted by Crippen LogP contribution is 2.18. The van der Waals surface area contributed by atoms with Gasteiger partial charge in [-0.1, -0.05) is 30.3 Å². The third kappa shape index (κ3) is 4.85. The third-order valence-corrected chi connectivity index (χ3v) is 3.06.